The van der Waals surface area contributed by atoms with E-state index in [1.807, 2.05) is 6.26 Å². The van der Waals surface area contributed by atoms with Crippen LogP contribution in [0.3, 0.4) is 0 Å². The van der Waals surface area contributed by atoms with Gasteiger partial charge in [-0.3, -0.25) is 14.6 Å². The van der Waals surface area contributed by atoms with Gasteiger partial charge in [-0.2, -0.15) is 24.4 Å². The molecule has 0 aromatic rings. The van der Waals surface area contributed by atoms with Crippen LogP contribution in [0.4, 0.5) is 0 Å². The Balaban J connectivity index is 2.68. The SMILES string of the molecule is CSCC[C@H](C=O)NN[C@@H](CS)C(=O)C(C)C(=O)[C@@H]1CCCN1N[C@@H](C=O)CCCN=C(N)N. The lowest BCUT2D eigenvalue weighted by Gasteiger charge is -2.29. The topological polar surface area (TPSA) is 172 Å². The van der Waals surface area contributed by atoms with E-state index in [2.05, 4.69) is 33.9 Å². The Kier molecular flexibility index (Phi) is 15.3. The number of nitrogens with two attached hydrogens (primary N) is 2. The largest absolute Gasteiger partial charge is 0.370 e. The number of aldehydes is 2. The van der Waals surface area contributed by atoms with Gasteiger partial charge in [-0.1, -0.05) is 0 Å². The Bertz CT molecular complexity index is 694. The van der Waals surface area contributed by atoms with Crippen molar-refractivity contribution in [1.82, 2.24) is 21.3 Å². The van der Waals surface area contributed by atoms with Gasteiger partial charge in [0.15, 0.2) is 17.5 Å². The summed E-state index contributed by atoms with van der Waals surface area (Å²) in [4.78, 5) is 52.9. The maximum atomic E-state index is 13.2. The standard InChI is InChI=1S/C21H39N7O4S2/c1-14(19(31)17(13-33)26-25-15(11-29)7-10-34-2)20(32)18-6-4-9-28(18)27-16(12-30)5-3-8-24-21(22)23/h11-12,14-18,25-27,33H,3-10,13H2,1-2H3,(H4,22,23,24)/t14?,15-,16-,17+,18+/m1/s1. The molecule has 0 amide bonds. The van der Waals surface area contributed by atoms with E-state index in [1.165, 1.54) is 0 Å². The monoisotopic (exact) mass is 517 g/mol. The summed E-state index contributed by atoms with van der Waals surface area (Å²) in [6.07, 6.45) is 6.66. The molecule has 11 nitrogen and oxygen atoms in total. The molecule has 1 aliphatic heterocycles. The number of guanidine groups is 1. The summed E-state index contributed by atoms with van der Waals surface area (Å²) in [5, 5.41) is 1.76. The molecule has 1 fully saturated rings. The molecule has 1 rings (SSSR count). The minimum atomic E-state index is -0.865. The van der Waals surface area contributed by atoms with Crippen molar-refractivity contribution >= 4 is 54.5 Å². The van der Waals surface area contributed by atoms with Crippen LogP contribution >= 0.6 is 24.4 Å². The van der Waals surface area contributed by atoms with Gasteiger partial charge in [-0.05, 0) is 51.0 Å². The van der Waals surface area contributed by atoms with E-state index in [0.29, 0.717) is 38.8 Å². The number of hydrogen-bond acceptors (Lipinski definition) is 11. The van der Waals surface area contributed by atoms with Crippen molar-refractivity contribution in [2.24, 2.45) is 22.4 Å². The summed E-state index contributed by atoms with van der Waals surface area (Å²) in [6.45, 7) is 2.61. The molecule has 0 radical (unpaired) electrons. The first kappa shape index (κ1) is 30.5. The smallest absolute Gasteiger partial charge is 0.185 e. The first-order chi connectivity index (χ1) is 16.3. The third-order valence-corrected chi connectivity index (χ3v) is 6.67. The third kappa shape index (κ3) is 10.4. The highest BCUT2D eigenvalue weighted by Gasteiger charge is 2.38. The Labute approximate surface area is 211 Å². The van der Waals surface area contributed by atoms with Gasteiger partial charge in [0.2, 0.25) is 0 Å². The number of aliphatic imine (C=N–C) groups is 1. The first-order valence-corrected chi connectivity index (χ1v) is 13.5. The molecule has 0 aliphatic carbocycles. The fourth-order valence-corrected chi connectivity index (χ4v) is 4.44. The lowest BCUT2D eigenvalue weighted by molar-refractivity contribution is -0.137. The number of hydrogen-bond donors (Lipinski definition) is 6. The molecule has 34 heavy (non-hydrogen) atoms. The molecule has 0 spiro atoms. The summed E-state index contributed by atoms with van der Waals surface area (Å²) >= 11 is 5.87. The number of nitrogens with zero attached hydrogens (tertiary/aromatic N) is 2. The summed E-state index contributed by atoms with van der Waals surface area (Å²) in [6, 6.07) is -2.14. The molecular weight excluding hydrogens is 478 g/mol. The number of carbonyl (C=O) groups excluding carboxylic acids is 4. The number of thiol groups is 1. The average molecular weight is 518 g/mol. The molecule has 7 N–H and O–H groups in total. The summed E-state index contributed by atoms with van der Waals surface area (Å²) < 4.78 is 0. The second kappa shape index (κ2) is 17.0. The van der Waals surface area contributed by atoms with E-state index in [4.69, 9.17) is 11.5 Å². The van der Waals surface area contributed by atoms with E-state index in [0.717, 1.165) is 24.7 Å². The van der Waals surface area contributed by atoms with E-state index >= 15 is 0 Å². The number of thioether (sulfide) groups is 1. The van der Waals surface area contributed by atoms with Crippen LogP contribution in [-0.4, -0.2) is 90.1 Å². The molecule has 5 atom stereocenters. The molecule has 0 saturated carbocycles. The predicted molar refractivity (Wildman–Crippen MR) is 139 cm³/mol. The highest BCUT2D eigenvalue weighted by molar-refractivity contribution is 7.98. The van der Waals surface area contributed by atoms with Gasteiger partial charge in [-0.25, -0.2) is 21.3 Å². The van der Waals surface area contributed by atoms with Crippen molar-refractivity contribution in [3.05, 3.63) is 0 Å². The van der Waals surface area contributed by atoms with E-state index in [-0.39, 0.29) is 23.3 Å². The van der Waals surface area contributed by atoms with Gasteiger partial charge in [-0.15, -0.1) is 0 Å². The highest BCUT2D eigenvalue weighted by atomic mass is 32.2. The zero-order chi connectivity index (χ0) is 25.5. The van der Waals surface area contributed by atoms with E-state index < -0.39 is 30.1 Å². The van der Waals surface area contributed by atoms with E-state index in [1.54, 1.807) is 23.7 Å². The summed E-state index contributed by atoms with van der Waals surface area (Å²) in [7, 11) is 0. The molecule has 1 aliphatic rings. The van der Waals surface area contributed by atoms with Crippen molar-refractivity contribution < 1.29 is 19.2 Å². The van der Waals surface area contributed by atoms with Gasteiger partial charge >= 0.3 is 0 Å². The highest BCUT2D eigenvalue weighted by Crippen LogP contribution is 2.21. The van der Waals surface area contributed by atoms with Gasteiger partial charge in [0.05, 0.1) is 30.1 Å². The number of rotatable bonds is 19. The van der Waals surface area contributed by atoms with Crippen LogP contribution in [0.5, 0.6) is 0 Å². The fraction of sp³-hybridized carbons (Fsp3) is 0.762. The van der Waals surface area contributed by atoms with Crippen LogP contribution in [-0.2, 0) is 19.2 Å². The van der Waals surface area contributed by atoms with Crippen molar-refractivity contribution in [3.8, 4) is 0 Å². The number of Topliss-reactive ketones (excluding diaryl/α,β-unsaturated/α-hetero) is 2. The lowest BCUT2D eigenvalue weighted by Crippen LogP contribution is -2.56. The Hall–Kier alpha value is -1.51. The van der Waals surface area contributed by atoms with Crippen LogP contribution in [0.2, 0.25) is 0 Å². The van der Waals surface area contributed by atoms with Gasteiger partial charge in [0.1, 0.15) is 12.6 Å². The zero-order valence-corrected chi connectivity index (χ0v) is 21.7. The lowest BCUT2D eigenvalue weighted by atomic mass is 9.91. The minimum absolute atomic E-state index is 0.00493. The van der Waals surface area contributed by atoms with Crippen LogP contribution in [0, 0.1) is 5.92 Å². The molecule has 0 bridgehead atoms. The van der Waals surface area contributed by atoms with Gasteiger partial charge in [0, 0.05) is 18.8 Å². The van der Waals surface area contributed by atoms with Crippen LogP contribution in [0.15, 0.2) is 4.99 Å². The molecule has 0 aromatic carbocycles. The molecule has 1 unspecified atom stereocenters. The second-order valence-electron chi connectivity index (χ2n) is 8.25. The maximum Gasteiger partial charge on any atom is 0.185 e. The van der Waals surface area contributed by atoms with Crippen molar-refractivity contribution in [2.45, 2.75) is 63.2 Å². The molecule has 0 aromatic heterocycles. The predicted octanol–water partition coefficient (Wildman–Crippen LogP) is -0.936. The van der Waals surface area contributed by atoms with E-state index in [9.17, 15) is 19.2 Å². The van der Waals surface area contributed by atoms with Gasteiger partial charge < -0.3 is 21.1 Å². The van der Waals surface area contributed by atoms with Crippen molar-refractivity contribution in [2.75, 3.05) is 30.9 Å². The Morgan fingerprint density at radius 2 is 1.91 bits per heavy atom. The minimum Gasteiger partial charge on any atom is -0.370 e. The second-order valence-corrected chi connectivity index (χ2v) is 9.60. The quantitative estimate of drug-likeness (QED) is 0.0238. The molecule has 1 saturated heterocycles. The summed E-state index contributed by atoms with van der Waals surface area (Å²) in [5.41, 5.74) is 19.5. The number of hydrazine groups is 2. The third-order valence-electron chi connectivity index (χ3n) is 5.66. The fourth-order valence-electron chi connectivity index (χ4n) is 3.68. The van der Waals surface area contributed by atoms with Gasteiger partial charge in [0.25, 0.3) is 0 Å². The average Bonchev–Trinajstić information content (AvgIpc) is 3.29. The Morgan fingerprint density at radius 1 is 1.21 bits per heavy atom. The maximum absolute atomic E-state index is 13.2. The van der Waals surface area contributed by atoms with Crippen LogP contribution in [0.25, 0.3) is 0 Å². The Morgan fingerprint density at radius 3 is 2.50 bits per heavy atom. The van der Waals surface area contributed by atoms with Crippen molar-refractivity contribution in [3.63, 3.8) is 0 Å². The molecule has 194 valence electrons. The number of carbonyl (C=O) groups is 4. The number of ketones is 2. The normalized spacial score (nSPS) is 19.7. The molecule has 1 heterocycles. The van der Waals surface area contributed by atoms with Crippen LogP contribution in [0.1, 0.15) is 39.0 Å². The van der Waals surface area contributed by atoms with Crippen molar-refractivity contribution in [1.29, 1.82) is 0 Å². The summed E-state index contributed by atoms with van der Waals surface area (Å²) in [5.74, 6) is -0.386. The number of nitrogens with one attached hydrogen (secondary N) is 3. The van der Waals surface area contributed by atoms with Crippen LogP contribution < -0.4 is 27.7 Å². The molecule has 13 heteroatoms. The zero-order valence-electron chi connectivity index (χ0n) is 19.9. The first-order valence-electron chi connectivity index (χ1n) is 11.5. The molecular formula is C21H39N7O4S2.